The normalized spacial score (nSPS) is 9.89. The summed E-state index contributed by atoms with van der Waals surface area (Å²) >= 11 is 0. The molecular formula is C15H17N3. The predicted molar refractivity (Wildman–Crippen MR) is 73.0 cm³/mol. The number of aryl methyl sites for hydroxylation is 1. The van der Waals surface area contributed by atoms with E-state index in [0.29, 0.717) is 6.54 Å². The third-order valence-electron chi connectivity index (χ3n) is 2.87. The lowest BCUT2D eigenvalue weighted by atomic mass is 10.2. The van der Waals surface area contributed by atoms with Gasteiger partial charge in [-0.1, -0.05) is 30.0 Å². The quantitative estimate of drug-likeness (QED) is 0.654. The first-order chi connectivity index (χ1) is 8.77. The van der Waals surface area contributed by atoms with Gasteiger partial charge in [0.2, 0.25) is 0 Å². The monoisotopic (exact) mass is 239 g/mol. The Labute approximate surface area is 108 Å². The molecule has 0 unspecified atom stereocenters. The molecule has 3 nitrogen and oxygen atoms in total. The zero-order valence-corrected chi connectivity index (χ0v) is 10.8. The van der Waals surface area contributed by atoms with Gasteiger partial charge in [0, 0.05) is 30.4 Å². The molecule has 92 valence electrons. The third kappa shape index (κ3) is 3.22. The van der Waals surface area contributed by atoms with Crippen LogP contribution in [-0.2, 0) is 13.6 Å². The molecule has 0 saturated heterocycles. The summed E-state index contributed by atoms with van der Waals surface area (Å²) in [5.74, 6) is 6.23. The van der Waals surface area contributed by atoms with Gasteiger partial charge in [-0.2, -0.15) is 5.10 Å². The van der Waals surface area contributed by atoms with E-state index in [0.717, 1.165) is 12.1 Å². The average Bonchev–Trinajstić information content (AvgIpc) is 2.71. The molecule has 1 N–H and O–H groups in total. The Morgan fingerprint density at radius 2 is 2.06 bits per heavy atom. The topological polar surface area (TPSA) is 29.9 Å². The Morgan fingerprint density at radius 1 is 1.28 bits per heavy atom. The molecule has 0 bridgehead atoms. The Bertz CT molecular complexity index is 558. The van der Waals surface area contributed by atoms with Crippen LogP contribution < -0.4 is 5.32 Å². The first kappa shape index (κ1) is 12.4. The van der Waals surface area contributed by atoms with Crippen molar-refractivity contribution in [3.8, 4) is 11.8 Å². The fourth-order valence-corrected chi connectivity index (χ4v) is 1.65. The standard InChI is InChI=1S/C15H17N3/c1-13-15(12-17-18(13)2)11-16-10-6-9-14-7-4-3-5-8-14/h3-5,7-8,12,16H,10-11H2,1-2H3. The SMILES string of the molecule is Cc1c(CNCC#Cc2ccccc2)cnn1C. The highest BCUT2D eigenvalue weighted by molar-refractivity contribution is 5.33. The van der Waals surface area contributed by atoms with Crippen molar-refractivity contribution in [3.63, 3.8) is 0 Å². The van der Waals surface area contributed by atoms with Crippen LogP contribution in [0.25, 0.3) is 0 Å². The Balaban J connectivity index is 1.80. The third-order valence-corrected chi connectivity index (χ3v) is 2.87. The summed E-state index contributed by atoms with van der Waals surface area (Å²) in [5.41, 5.74) is 3.47. The second-order valence-electron chi connectivity index (χ2n) is 4.15. The number of benzene rings is 1. The number of aromatic nitrogens is 2. The van der Waals surface area contributed by atoms with Gasteiger partial charge >= 0.3 is 0 Å². The van der Waals surface area contributed by atoms with E-state index >= 15 is 0 Å². The number of nitrogens with zero attached hydrogens (tertiary/aromatic N) is 2. The van der Waals surface area contributed by atoms with E-state index in [2.05, 4.69) is 29.2 Å². The Hall–Kier alpha value is -2.05. The van der Waals surface area contributed by atoms with Crippen molar-refractivity contribution in [1.82, 2.24) is 15.1 Å². The molecule has 1 heterocycles. The molecule has 0 spiro atoms. The van der Waals surface area contributed by atoms with E-state index < -0.39 is 0 Å². The fourth-order valence-electron chi connectivity index (χ4n) is 1.65. The lowest BCUT2D eigenvalue weighted by Gasteiger charge is -2.00. The van der Waals surface area contributed by atoms with Gasteiger partial charge in [0.15, 0.2) is 0 Å². The predicted octanol–water partition coefficient (Wildman–Crippen LogP) is 1.87. The van der Waals surface area contributed by atoms with Crippen LogP contribution in [0.1, 0.15) is 16.8 Å². The van der Waals surface area contributed by atoms with Gasteiger partial charge in [0.1, 0.15) is 0 Å². The summed E-state index contributed by atoms with van der Waals surface area (Å²) in [4.78, 5) is 0. The van der Waals surface area contributed by atoms with Crippen molar-refractivity contribution < 1.29 is 0 Å². The number of nitrogens with one attached hydrogen (secondary N) is 1. The molecule has 1 aromatic carbocycles. The van der Waals surface area contributed by atoms with E-state index in [1.54, 1.807) is 0 Å². The van der Waals surface area contributed by atoms with Gasteiger partial charge in [-0.3, -0.25) is 4.68 Å². The van der Waals surface area contributed by atoms with Gasteiger partial charge in [-0.15, -0.1) is 0 Å². The lowest BCUT2D eigenvalue weighted by Crippen LogP contribution is -2.13. The molecule has 1 aromatic heterocycles. The molecule has 0 atom stereocenters. The summed E-state index contributed by atoms with van der Waals surface area (Å²) < 4.78 is 1.88. The largest absolute Gasteiger partial charge is 0.302 e. The Morgan fingerprint density at radius 3 is 2.72 bits per heavy atom. The van der Waals surface area contributed by atoms with Crippen molar-refractivity contribution in [2.24, 2.45) is 7.05 Å². The van der Waals surface area contributed by atoms with E-state index in [4.69, 9.17) is 0 Å². The lowest BCUT2D eigenvalue weighted by molar-refractivity contribution is 0.727. The van der Waals surface area contributed by atoms with Crippen molar-refractivity contribution in [2.45, 2.75) is 13.5 Å². The van der Waals surface area contributed by atoms with Gasteiger partial charge < -0.3 is 5.32 Å². The fraction of sp³-hybridized carbons (Fsp3) is 0.267. The van der Waals surface area contributed by atoms with Crippen LogP contribution in [0.4, 0.5) is 0 Å². The van der Waals surface area contributed by atoms with Crippen LogP contribution in [0.3, 0.4) is 0 Å². The molecule has 0 fully saturated rings. The van der Waals surface area contributed by atoms with Crippen molar-refractivity contribution in [3.05, 3.63) is 53.3 Å². The zero-order valence-electron chi connectivity index (χ0n) is 10.8. The summed E-state index contributed by atoms with van der Waals surface area (Å²) in [5, 5.41) is 7.50. The van der Waals surface area contributed by atoms with Crippen molar-refractivity contribution in [2.75, 3.05) is 6.54 Å². The highest BCUT2D eigenvalue weighted by atomic mass is 15.3. The smallest absolute Gasteiger partial charge is 0.0582 e. The summed E-state index contributed by atoms with van der Waals surface area (Å²) in [6.45, 7) is 3.56. The summed E-state index contributed by atoms with van der Waals surface area (Å²) in [7, 11) is 1.95. The van der Waals surface area contributed by atoms with Crippen LogP contribution in [0.15, 0.2) is 36.5 Å². The molecule has 18 heavy (non-hydrogen) atoms. The Kier molecular flexibility index (Phi) is 4.16. The van der Waals surface area contributed by atoms with E-state index in [1.165, 1.54) is 11.3 Å². The number of hydrogen-bond acceptors (Lipinski definition) is 2. The molecular weight excluding hydrogens is 222 g/mol. The van der Waals surface area contributed by atoms with Gasteiger partial charge in [0.05, 0.1) is 12.7 Å². The van der Waals surface area contributed by atoms with Gasteiger partial charge in [0.25, 0.3) is 0 Å². The van der Waals surface area contributed by atoms with Crippen LogP contribution in [0, 0.1) is 18.8 Å². The molecule has 0 amide bonds. The van der Waals surface area contributed by atoms with Gasteiger partial charge in [-0.05, 0) is 19.1 Å². The minimum Gasteiger partial charge on any atom is -0.302 e. The molecule has 0 saturated carbocycles. The first-order valence-corrected chi connectivity index (χ1v) is 5.99. The summed E-state index contributed by atoms with van der Waals surface area (Å²) in [6, 6.07) is 10.0. The minimum absolute atomic E-state index is 0.684. The van der Waals surface area contributed by atoms with E-state index in [-0.39, 0.29) is 0 Å². The van der Waals surface area contributed by atoms with Crippen LogP contribution in [0.2, 0.25) is 0 Å². The minimum atomic E-state index is 0.684. The summed E-state index contributed by atoms with van der Waals surface area (Å²) in [6.07, 6.45) is 1.90. The van der Waals surface area contributed by atoms with E-state index in [9.17, 15) is 0 Å². The number of rotatable bonds is 3. The molecule has 0 aliphatic rings. The molecule has 0 aliphatic carbocycles. The maximum Gasteiger partial charge on any atom is 0.0582 e. The molecule has 2 aromatic rings. The number of hydrogen-bond donors (Lipinski definition) is 1. The van der Waals surface area contributed by atoms with Crippen LogP contribution in [0.5, 0.6) is 0 Å². The molecule has 0 aliphatic heterocycles. The highest BCUT2D eigenvalue weighted by Crippen LogP contribution is 2.04. The highest BCUT2D eigenvalue weighted by Gasteiger charge is 2.01. The second kappa shape index (κ2) is 6.04. The van der Waals surface area contributed by atoms with Crippen molar-refractivity contribution >= 4 is 0 Å². The average molecular weight is 239 g/mol. The van der Waals surface area contributed by atoms with Gasteiger partial charge in [-0.25, -0.2) is 0 Å². The zero-order chi connectivity index (χ0) is 12.8. The van der Waals surface area contributed by atoms with Crippen LogP contribution in [-0.4, -0.2) is 16.3 Å². The first-order valence-electron chi connectivity index (χ1n) is 5.99. The van der Waals surface area contributed by atoms with Crippen molar-refractivity contribution in [1.29, 1.82) is 0 Å². The molecule has 2 rings (SSSR count). The maximum absolute atomic E-state index is 4.20. The molecule has 0 radical (unpaired) electrons. The van der Waals surface area contributed by atoms with E-state index in [1.807, 2.05) is 48.3 Å². The molecule has 3 heteroatoms. The van der Waals surface area contributed by atoms with Crippen LogP contribution >= 0.6 is 0 Å². The second-order valence-corrected chi connectivity index (χ2v) is 4.15. The maximum atomic E-state index is 4.20.